The fourth-order valence-electron chi connectivity index (χ4n) is 1.96. The smallest absolute Gasteiger partial charge is 0.276 e. The van der Waals surface area contributed by atoms with Crippen LogP contribution < -0.4 is 15.6 Å². The highest BCUT2D eigenvalue weighted by atomic mass is 79.9. The minimum Gasteiger partial charge on any atom is -0.276 e. The normalized spacial score (nSPS) is 10.9. The molecule has 2 aromatic carbocycles. The van der Waals surface area contributed by atoms with E-state index in [0.717, 1.165) is 26.9 Å². The highest BCUT2D eigenvalue weighted by molar-refractivity contribution is 9.10. The molecule has 0 radical (unpaired) electrons. The summed E-state index contributed by atoms with van der Waals surface area (Å²) in [6, 6.07) is 14.3. The first kappa shape index (κ1) is 19.3. The van der Waals surface area contributed by atoms with Crippen molar-refractivity contribution in [3.8, 4) is 0 Å². The number of hydrogen-bond donors (Lipinski definition) is 3. The molecule has 0 heterocycles. The number of rotatable bonds is 3. The number of amides is 3. The van der Waals surface area contributed by atoms with Gasteiger partial charge in [-0.3, -0.25) is 14.9 Å². The zero-order chi connectivity index (χ0) is 18.4. The molecule has 0 fully saturated rings. The molecule has 0 aliphatic rings. The Kier molecular flexibility index (Phi) is 6.50. The maximum Gasteiger partial charge on any atom is 0.343 e. The van der Waals surface area contributed by atoms with Crippen LogP contribution in [-0.4, -0.2) is 11.9 Å². The lowest BCUT2D eigenvalue weighted by atomic mass is 9.87. The molecule has 25 heavy (non-hydrogen) atoms. The van der Waals surface area contributed by atoms with Crippen molar-refractivity contribution < 1.29 is 9.59 Å². The summed E-state index contributed by atoms with van der Waals surface area (Å²) in [4.78, 5) is 24.7. The van der Waals surface area contributed by atoms with Crippen molar-refractivity contribution in [1.29, 1.82) is 0 Å². The first-order valence-electron chi connectivity index (χ1n) is 7.65. The fourth-order valence-corrected chi connectivity index (χ4v) is 3.06. The van der Waals surface area contributed by atoms with Gasteiger partial charge in [0.05, 0.1) is 0 Å². The summed E-state index contributed by atoms with van der Waals surface area (Å²) < 4.78 is 3.48. The van der Waals surface area contributed by atoms with Gasteiger partial charge in [0.15, 0.2) is 0 Å². The van der Waals surface area contributed by atoms with Crippen molar-refractivity contribution in [3.05, 3.63) is 64.1 Å². The summed E-state index contributed by atoms with van der Waals surface area (Å²) in [6.45, 7) is 6.32. The van der Waals surface area contributed by atoms with E-state index in [1.54, 1.807) is 12.1 Å². The van der Waals surface area contributed by atoms with E-state index in [-0.39, 0.29) is 11.3 Å². The van der Waals surface area contributed by atoms with E-state index in [0.29, 0.717) is 5.56 Å². The molecule has 132 valence electrons. The van der Waals surface area contributed by atoms with Gasteiger partial charge in [-0.2, -0.15) is 0 Å². The molecule has 3 amide bonds. The Hall–Kier alpha value is -1.99. The summed E-state index contributed by atoms with van der Waals surface area (Å²) in [5.74, 6) is -0.374. The van der Waals surface area contributed by atoms with Crippen molar-refractivity contribution in [2.45, 2.75) is 31.1 Å². The summed E-state index contributed by atoms with van der Waals surface area (Å²) in [5, 5.41) is 0. The number of halogens is 1. The van der Waals surface area contributed by atoms with E-state index in [2.05, 4.69) is 52.3 Å². The number of nitrogens with one attached hydrogen (secondary N) is 3. The second-order valence-corrected chi connectivity index (χ2v) is 8.07. The third-order valence-electron chi connectivity index (χ3n) is 3.39. The second-order valence-electron chi connectivity index (χ2n) is 6.37. The van der Waals surface area contributed by atoms with Crippen molar-refractivity contribution in [1.82, 2.24) is 15.6 Å². The standard InChI is InChI=1S/C18H20BrN3O2S/c1-18(2,3)13-10-8-12(9-11-13)16(23)20-21-17(24)22-25-15-7-5-4-6-14(15)19/h4-11H,1-3H3,(H,20,23)(H2,21,22,24). The maximum atomic E-state index is 12.1. The van der Waals surface area contributed by atoms with Gasteiger partial charge < -0.3 is 0 Å². The van der Waals surface area contributed by atoms with Crippen LogP contribution in [-0.2, 0) is 5.41 Å². The first-order valence-corrected chi connectivity index (χ1v) is 9.26. The van der Waals surface area contributed by atoms with Gasteiger partial charge in [0.25, 0.3) is 5.91 Å². The average molecular weight is 422 g/mol. The van der Waals surface area contributed by atoms with E-state index in [9.17, 15) is 9.59 Å². The number of hydrazine groups is 1. The van der Waals surface area contributed by atoms with Gasteiger partial charge in [0, 0.05) is 14.9 Å². The Balaban J connectivity index is 1.83. The van der Waals surface area contributed by atoms with Gasteiger partial charge in [-0.05, 0) is 63.1 Å². The lowest BCUT2D eigenvalue weighted by Gasteiger charge is -2.19. The van der Waals surface area contributed by atoms with Gasteiger partial charge >= 0.3 is 6.03 Å². The van der Waals surface area contributed by atoms with Crippen LogP contribution in [0.5, 0.6) is 0 Å². The third kappa shape index (κ3) is 5.79. The van der Waals surface area contributed by atoms with Crippen molar-refractivity contribution in [2.75, 3.05) is 0 Å². The molecule has 2 aromatic rings. The molecule has 5 nitrogen and oxygen atoms in total. The SMILES string of the molecule is CC(C)(C)c1ccc(C(=O)NNC(=O)NSc2ccccc2Br)cc1. The molecule has 0 saturated heterocycles. The molecule has 0 aliphatic heterocycles. The van der Waals surface area contributed by atoms with Crippen molar-refractivity contribution in [2.24, 2.45) is 0 Å². The predicted molar refractivity (Wildman–Crippen MR) is 104 cm³/mol. The van der Waals surface area contributed by atoms with Crippen LogP contribution in [0.2, 0.25) is 0 Å². The number of benzene rings is 2. The number of carbonyl (C=O) groups excluding carboxylic acids is 2. The van der Waals surface area contributed by atoms with Gasteiger partial charge in [-0.25, -0.2) is 10.2 Å². The Morgan fingerprint density at radius 2 is 1.60 bits per heavy atom. The zero-order valence-corrected chi connectivity index (χ0v) is 16.6. The van der Waals surface area contributed by atoms with Crippen LogP contribution in [0.4, 0.5) is 4.79 Å². The van der Waals surface area contributed by atoms with Gasteiger partial charge in [0.1, 0.15) is 0 Å². The molecule has 0 spiro atoms. The van der Waals surface area contributed by atoms with E-state index in [1.165, 1.54) is 0 Å². The lowest BCUT2D eigenvalue weighted by molar-refractivity contribution is 0.0937. The molecule has 0 aliphatic carbocycles. The summed E-state index contributed by atoms with van der Waals surface area (Å²) in [6.07, 6.45) is 0. The maximum absolute atomic E-state index is 12.1. The van der Waals surface area contributed by atoms with E-state index in [4.69, 9.17) is 0 Å². The Bertz CT molecular complexity index is 758. The predicted octanol–water partition coefficient (Wildman–Crippen LogP) is 4.40. The quantitative estimate of drug-likeness (QED) is 0.507. The lowest BCUT2D eigenvalue weighted by Crippen LogP contribution is -2.45. The van der Waals surface area contributed by atoms with Crippen LogP contribution in [0.15, 0.2) is 57.9 Å². The molecule has 0 bridgehead atoms. The number of urea groups is 1. The Morgan fingerprint density at radius 1 is 0.960 bits per heavy atom. The molecule has 0 aromatic heterocycles. The van der Waals surface area contributed by atoms with Gasteiger partial charge in [-0.15, -0.1) is 0 Å². The highest BCUT2D eigenvalue weighted by Gasteiger charge is 2.14. The summed E-state index contributed by atoms with van der Waals surface area (Å²) in [7, 11) is 0. The van der Waals surface area contributed by atoms with E-state index < -0.39 is 6.03 Å². The third-order valence-corrected chi connectivity index (χ3v) is 5.21. The highest BCUT2D eigenvalue weighted by Crippen LogP contribution is 2.24. The van der Waals surface area contributed by atoms with Crippen LogP contribution in [0.1, 0.15) is 36.7 Å². The molecule has 0 atom stereocenters. The minimum atomic E-state index is -0.514. The first-order chi connectivity index (χ1) is 11.8. The molecule has 3 N–H and O–H groups in total. The van der Waals surface area contributed by atoms with Crippen molar-refractivity contribution >= 4 is 39.8 Å². The average Bonchev–Trinajstić information content (AvgIpc) is 2.58. The summed E-state index contributed by atoms with van der Waals surface area (Å²) >= 11 is 4.54. The monoisotopic (exact) mass is 421 g/mol. The van der Waals surface area contributed by atoms with E-state index in [1.807, 2.05) is 36.4 Å². The summed E-state index contributed by atoms with van der Waals surface area (Å²) in [5.41, 5.74) is 6.35. The molecule has 7 heteroatoms. The zero-order valence-electron chi connectivity index (χ0n) is 14.2. The second kappa shape index (κ2) is 8.40. The Morgan fingerprint density at radius 3 is 2.20 bits per heavy atom. The molecular weight excluding hydrogens is 402 g/mol. The van der Waals surface area contributed by atoms with Gasteiger partial charge in [0.2, 0.25) is 0 Å². The number of hydrogen-bond acceptors (Lipinski definition) is 3. The van der Waals surface area contributed by atoms with Gasteiger partial charge in [-0.1, -0.05) is 45.0 Å². The van der Waals surface area contributed by atoms with Crippen LogP contribution in [0.3, 0.4) is 0 Å². The molecule has 0 unspecified atom stereocenters. The molecule has 0 saturated carbocycles. The fraction of sp³-hybridized carbons (Fsp3) is 0.222. The molecular formula is C18H20BrN3O2S. The van der Waals surface area contributed by atoms with Crippen LogP contribution >= 0.6 is 27.9 Å². The Labute approximate surface area is 160 Å². The van der Waals surface area contributed by atoms with E-state index >= 15 is 0 Å². The number of carbonyl (C=O) groups is 2. The van der Waals surface area contributed by atoms with Crippen LogP contribution in [0.25, 0.3) is 0 Å². The molecule has 2 rings (SSSR count). The van der Waals surface area contributed by atoms with Crippen molar-refractivity contribution in [3.63, 3.8) is 0 Å². The minimum absolute atomic E-state index is 0.0239. The van der Waals surface area contributed by atoms with Crippen LogP contribution in [0, 0.1) is 0 Å². The topological polar surface area (TPSA) is 70.2 Å². The largest absolute Gasteiger partial charge is 0.343 e.